The molecule has 0 unspecified atom stereocenters. The van der Waals surface area contributed by atoms with Crippen molar-refractivity contribution >= 4 is 11.9 Å². The number of esters is 1. The molecule has 0 aliphatic rings. The molecule has 116 valence electrons. The van der Waals surface area contributed by atoms with Crippen molar-refractivity contribution in [2.45, 2.75) is 20.0 Å². The fourth-order valence-corrected chi connectivity index (χ4v) is 1.74. The second-order valence-electron chi connectivity index (χ2n) is 4.09. The molecular formula is C14H17F2NO4. The molecule has 1 aromatic rings. The Labute approximate surface area is 121 Å². The van der Waals surface area contributed by atoms with Crippen molar-refractivity contribution in [1.82, 2.24) is 4.90 Å². The van der Waals surface area contributed by atoms with E-state index in [1.54, 1.807) is 13.0 Å². The molecule has 21 heavy (non-hydrogen) atoms. The van der Waals surface area contributed by atoms with Crippen LogP contribution in [0.15, 0.2) is 24.3 Å². The van der Waals surface area contributed by atoms with Crippen LogP contribution in [0.5, 0.6) is 5.75 Å². The summed E-state index contributed by atoms with van der Waals surface area (Å²) in [5.41, 5.74) is 0.0320. The summed E-state index contributed by atoms with van der Waals surface area (Å²) in [7, 11) is 1.26. The van der Waals surface area contributed by atoms with Crippen molar-refractivity contribution in [2.24, 2.45) is 0 Å². The lowest BCUT2D eigenvalue weighted by Crippen LogP contribution is -2.33. The van der Waals surface area contributed by atoms with E-state index in [2.05, 4.69) is 9.47 Å². The lowest BCUT2D eigenvalue weighted by atomic mass is 10.1. The highest BCUT2D eigenvalue weighted by atomic mass is 19.3. The number of ether oxygens (including phenoxy) is 2. The Morgan fingerprint density at radius 2 is 1.95 bits per heavy atom. The Bertz CT molecular complexity index is 494. The fraction of sp³-hybridized carbons (Fsp3) is 0.429. The van der Waals surface area contributed by atoms with Crippen molar-refractivity contribution in [1.29, 1.82) is 0 Å². The zero-order valence-electron chi connectivity index (χ0n) is 11.8. The minimum absolute atomic E-state index is 0.0320. The van der Waals surface area contributed by atoms with E-state index in [0.717, 1.165) is 0 Å². The van der Waals surface area contributed by atoms with Crippen LogP contribution in [0, 0.1) is 0 Å². The first kappa shape index (κ1) is 16.9. The second-order valence-corrected chi connectivity index (χ2v) is 4.09. The van der Waals surface area contributed by atoms with E-state index in [1.165, 1.54) is 30.2 Å². The second kappa shape index (κ2) is 8.18. The topological polar surface area (TPSA) is 55.8 Å². The quantitative estimate of drug-likeness (QED) is 0.725. The maximum Gasteiger partial charge on any atom is 0.387 e. The van der Waals surface area contributed by atoms with E-state index < -0.39 is 18.5 Å². The normalized spacial score (nSPS) is 10.3. The van der Waals surface area contributed by atoms with E-state index in [4.69, 9.17) is 0 Å². The van der Waals surface area contributed by atoms with Gasteiger partial charge in [0.25, 0.3) is 5.91 Å². The summed E-state index contributed by atoms with van der Waals surface area (Å²) in [5, 5.41) is 0. The molecule has 0 N–H and O–H groups in total. The molecule has 0 bridgehead atoms. The molecule has 0 fully saturated rings. The van der Waals surface area contributed by atoms with E-state index >= 15 is 0 Å². The van der Waals surface area contributed by atoms with E-state index in [9.17, 15) is 18.4 Å². The summed E-state index contributed by atoms with van der Waals surface area (Å²) >= 11 is 0. The molecule has 1 aromatic carbocycles. The van der Waals surface area contributed by atoms with Gasteiger partial charge in [0.2, 0.25) is 0 Å². The van der Waals surface area contributed by atoms with Crippen LogP contribution in [0.4, 0.5) is 8.78 Å². The molecule has 1 amide bonds. The zero-order valence-corrected chi connectivity index (χ0v) is 11.8. The van der Waals surface area contributed by atoms with Crippen molar-refractivity contribution in [3.63, 3.8) is 0 Å². The van der Waals surface area contributed by atoms with Crippen LogP contribution in [0.3, 0.4) is 0 Å². The van der Waals surface area contributed by atoms with Crippen LogP contribution in [-0.4, -0.2) is 43.6 Å². The van der Waals surface area contributed by atoms with Gasteiger partial charge in [0.1, 0.15) is 5.75 Å². The third-order valence-electron chi connectivity index (χ3n) is 2.82. The standard InChI is InChI=1S/C14H17F2NO4/c1-3-17(9-8-12(18)20-2)13(19)10-6-4-5-7-11(10)21-14(15)16/h4-7,14H,3,8-9H2,1-2H3. The van der Waals surface area contributed by atoms with Gasteiger partial charge in [0.05, 0.1) is 19.1 Å². The van der Waals surface area contributed by atoms with E-state index in [0.29, 0.717) is 6.54 Å². The number of rotatable bonds is 7. The number of alkyl halides is 2. The summed E-state index contributed by atoms with van der Waals surface area (Å²) in [6, 6.07) is 5.76. The Kier molecular flexibility index (Phi) is 6.58. The first-order valence-corrected chi connectivity index (χ1v) is 6.39. The number of carbonyl (C=O) groups excluding carboxylic acids is 2. The predicted octanol–water partition coefficient (Wildman–Crippen LogP) is 2.31. The van der Waals surface area contributed by atoms with Crippen LogP contribution in [-0.2, 0) is 9.53 Å². The van der Waals surface area contributed by atoms with Gasteiger partial charge in [-0.2, -0.15) is 8.78 Å². The zero-order chi connectivity index (χ0) is 15.8. The van der Waals surface area contributed by atoms with Gasteiger partial charge in [-0.25, -0.2) is 0 Å². The van der Waals surface area contributed by atoms with Gasteiger partial charge >= 0.3 is 12.6 Å². The fourth-order valence-electron chi connectivity index (χ4n) is 1.74. The number of benzene rings is 1. The smallest absolute Gasteiger partial charge is 0.387 e. The minimum Gasteiger partial charge on any atom is -0.469 e. The number of amides is 1. The lowest BCUT2D eigenvalue weighted by Gasteiger charge is -2.21. The molecular weight excluding hydrogens is 284 g/mol. The molecule has 0 saturated carbocycles. The van der Waals surface area contributed by atoms with E-state index in [-0.39, 0.29) is 24.3 Å². The van der Waals surface area contributed by atoms with Crippen LogP contribution >= 0.6 is 0 Å². The number of methoxy groups -OCH3 is 1. The molecule has 0 spiro atoms. The predicted molar refractivity (Wildman–Crippen MR) is 71.3 cm³/mol. The van der Waals surface area contributed by atoms with Gasteiger partial charge in [-0.3, -0.25) is 9.59 Å². The van der Waals surface area contributed by atoms with Gasteiger partial charge in [-0.15, -0.1) is 0 Å². The Hall–Kier alpha value is -2.18. The number of halogens is 2. The molecule has 5 nitrogen and oxygen atoms in total. The summed E-state index contributed by atoms with van der Waals surface area (Å²) in [4.78, 5) is 24.8. The van der Waals surface area contributed by atoms with Gasteiger partial charge in [0.15, 0.2) is 0 Å². The van der Waals surface area contributed by atoms with Gasteiger partial charge < -0.3 is 14.4 Å². The third kappa shape index (κ3) is 5.02. The number of hydrogen-bond acceptors (Lipinski definition) is 4. The van der Waals surface area contributed by atoms with Gasteiger partial charge in [-0.05, 0) is 19.1 Å². The number of para-hydroxylation sites is 1. The maximum atomic E-state index is 12.3. The van der Waals surface area contributed by atoms with Crippen molar-refractivity contribution in [3.8, 4) is 5.75 Å². The summed E-state index contributed by atoms with van der Waals surface area (Å²) < 4.78 is 33.5. The monoisotopic (exact) mass is 301 g/mol. The average Bonchev–Trinajstić information content (AvgIpc) is 2.47. The highest BCUT2D eigenvalue weighted by molar-refractivity contribution is 5.97. The average molecular weight is 301 g/mol. The summed E-state index contributed by atoms with van der Waals surface area (Å²) in [6.45, 7) is -0.806. The SMILES string of the molecule is CCN(CCC(=O)OC)C(=O)c1ccccc1OC(F)F. The van der Waals surface area contributed by atoms with Crippen molar-refractivity contribution in [3.05, 3.63) is 29.8 Å². The Morgan fingerprint density at radius 3 is 2.52 bits per heavy atom. The summed E-state index contributed by atoms with van der Waals surface area (Å²) in [6.07, 6.45) is 0.0357. The lowest BCUT2D eigenvalue weighted by molar-refractivity contribution is -0.140. The van der Waals surface area contributed by atoms with Gasteiger partial charge in [-0.1, -0.05) is 12.1 Å². The molecule has 0 heterocycles. The van der Waals surface area contributed by atoms with Crippen LogP contribution in [0.25, 0.3) is 0 Å². The van der Waals surface area contributed by atoms with Crippen LogP contribution in [0.1, 0.15) is 23.7 Å². The molecule has 1 rings (SSSR count). The van der Waals surface area contributed by atoms with Crippen LogP contribution in [0.2, 0.25) is 0 Å². The molecule has 0 radical (unpaired) electrons. The van der Waals surface area contributed by atoms with Crippen molar-refractivity contribution in [2.75, 3.05) is 20.2 Å². The first-order chi connectivity index (χ1) is 9.99. The Balaban J connectivity index is 2.87. The number of nitrogens with zero attached hydrogens (tertiary/aromatic N) is 1. The molecule has 0 aromatic heterocycles. The highest BCUT2D eigenvalue weighted by Gasteiger charge is 2.20. The Morgan fingerprint density at radius 1 is 1.29 bits per heavy atom. The molecule has 0 aliphatic carbocycles. The van der Waals surface area contributed by atoms with Crippen LogP contribution < -0.4 is 4.74 Å². The highest BCUT2D eigenvalue weighted by Crippen LogP contribution is 2.22. The number of carbonyl (C=O) groups is 2. The molecule has 0 atom stereocenters. The largest absolute Gasteiger partial charge is 0.469 e. The maximum absolute atomic E-state index is 12.3. The molecule has 0 aliphatic heterocycles. The molecule has 0 saturated heterocycles. The van der Waals surface area contributed by atoms with Crippen molar-refractivity contribution < 1.29 is 27.8 Å². The van der Waals surface area contributed by atoms with E-state index in [1.807, 2.05) is 0 Å². The molecule has 7 heteroatoms. The van der Waals surface area contributed by atoms with Gasteiger partial charge in [0, 0.05) is 13.1 Å². The first-order valence-electron chi connectivity index (χ1n) is 6.39. The number of hydrogen-bond donors (Lipinski definition) is 0. The summed E-state index contributed by atoms with van der Waals surface area (Å²) in [5.74, 6) is -1.11. The minimum atomic E-state index is -3.01. The third-order valence-corrected chi connectivity index (χ3v) is 2.82.